The molecule has 0 bridgehead atoms. The summed E-state index contributed by atoms with van der Waals surface area (Å²) in [5.74, 6) is -1.40. The van der Waals surface area contributed by atoms with Crippen molar-refractivity contribution in [3.8, 4) is 0 Å². The summed E-state index contributed by atoms with van der Waals surface area (Å²) in [4.78, 5) is 24.6. The molecular weight excluding hydrogens is 668 g/mol. The molecule has 284 valence electrons. The van der Waals surface area contributed by atoms with Gasteiger partial charge in [0.15, 0.2) is 25.2 Å². The van der Waals surface area contributed by atoms with E-state index >= 15 is 0 Å². The number of rotatable bonds is 10. The van der Waals surface area contributed by atoms with Crippen LogP contribution < -0.4 is 10.6 Å². The normalized spacial score (nSPS) is 49.3. The number of nitrogens with one attached hydrogen (secondary N) is 2. The van der Waals surface area contributed by atoms with Crippen LogP contribution in [0.25, 0.3) is 0 Å². The van der Waals surface area contributed by atoms with Gasteiger partial charge in [0.05, 0.1) is 25.4 Å². The number of carbonyl (C=O) groups excluding carboxylic acids is 2. The number of aliphatic hydroxyl groups excluding tert-OH is 10. The fourth-order valence-electron chi connectivity index (χ4n) is 6.23. The van der Waals surface area contributed by atoms with Crippen LogP contribution >= 0.6 is 0 Å². The molecule has 4 fully saturated rings. The monoisotopic (exact) mass is 716 g/mol. The maximum absolute atomic E-state index is 12.4. The van der Waals surface area contributed by atoms with Crippen molar-refractivity contribution < 1.29 is 93.8 Å². The highest BCUT2D eigenvalue weighted by Gasteiger charge is 2.56. The summed E-state index contributed by atoms with van der Waals surface area (Å²) in [6.07, 6.45) is -28.9. The van der Waals surface area contributed by atoms with Crippen molar-refractivity contribution >= 4 is 11.8 Å². The summed E-state index contributed by atoms with van der Waals surface area (Å²) in [7, 11) is 0. The lowest BCUT2D eigenvalue weighted by Crippen LogP contribution is -2.71. The molecule has 49 heavy (non-hydrogen) atoms. The molecule has 21 heteroatoms. The first-order valence-electron chi connectivity index (χ1n) is 15.8. The van der Waals surface area contributed by atoms with Crippen molar-refractivity contribution in [2.45, 2.75) is 150 Å². The molecule has 0 aromatic heterocycles. The van der Waals surface area contributed by atoms with Gasteiger partial charge >= 0.3 is 0 Å². The molecule has 0 saturated carbocycles. The first-order valence-corrected chi connectivity index (χ1v) is 15.8. The first kappa shape index (κ1) is 40.0. The van der Waals surface area contributed by atoms with Gasteiger partial charge in [-0.3, -0.25) is 9.59 Å². The van der Waals surface area contributed by atoms with Crippen LogP contribution in [0.2, 0.25) is 0 Å². The summed E-state index contributed by atoms with van der Waals surface area (Å²) in [5.41, 5.74) is 0. The Morgan fingerprint density at radius 2 is 0.980 bits per heavy atom. The van der Waals surface area contributed by atoms with E-state index in [0.717, 1.165) is 13.8 Å². The first-order chi connectivity index (χ1) is 23.0. The molecule has 4 aliphatic rings. The van der Waals surface area contributed by atoms with E-state index in [-0.39, 0.29) is 0 Å². The fourth-order valence-corrected chi connectivity index (χ4v) is 6.23. The Morgan fingerprint density at radius 1 is 0.531 bits per heavy atom. The summed E-state index contributed by atoms with van der Waals surface area (Å²) in [5, 5.41) is 109. The minimum atomic E-state index is -1.86. The van der Waals surface area contributed by atoms with E-state index in [0.29, 0.717) is 0 Å². The van der Waals surface area contributed by atoms with Crippen LogP contribution in [0.15, 0.2) is 0 Å². The van der Waals surface area contributed by atoms with Crippen molar-refractivity contribution in [3.63, 3.8) is 0 Å². The second kappa shape index (κ2) is 16.7. The van der Waals surface area contributed by atoms with E-state index in [1.54, 1.807) is 0 Å². The van der Waals surface area contributed by atoms with Crippen molar-refractivity contribution in [2.75, 3.05) is 13.2 Å². The third-order valence-electron chi connectivity index (χ3n) is 8.93. The molecule has 0 aliphatic carbocycles. The maximum Gasteiger partial charge on any atom is 0.217 e. The number of aliphatic hydroxyl groups is 10. The van der Waals surface area contributed by atoms with E-state index in [9.17, 15) is 60.7 Å². The molecule has 4 saturated heterocycles. The quantitative estimate of drug-likeness (QED) is 0.0999. The molecule has 0 aromatic rings. The Balaban J connectivity index is 1.71. The van der Waals surface area contributed by atoms with Gasteiger partial charge in [0.1, 0.15) is 85.3 Å². The third-order valence-corrected chi connectivity index (χ3v) is 8.93. The van der Waals surface area contributed by atoms with E-state index in [2.05, 4.69) is 10.6 Å². The Labute approximate surface area is 280 Å². The lowest BCUT2D eigenvalue weighted by molar-refractivity contribution is -0.372. The standard InChI is InChI=1S/C28H48N2O19/c1-7-15(35)18(38)20(40)27(43-7)48-23-14(30-10(4)34)26(46-11(5-31)17(23)37)47-22-12(6-32)45-25(42)13(29-9(3)33)24(22)49-28-21(41)19(39)16(36)8(2)44-28/h7-8,11-28,31-32,35-42H,5-6H2,1-4H3,(H,29,33)(H,30,34)/t7-,8-,11+,12+,13+,14+,15+,16+,17-,18+,19+,20-,21-,22+,23+,24+,25+,26-,27-,28-/m0/s1. The predicted octanol–water partition coefficient (Wildman–Crippen LogP) is -7.41. The van der Waals surface area contributed by atoms with Crippen molar-refractivity contribution in [3.05, 3.63) is 0 Å². The van der Waals surface area contributed by atoms with Crippen LogP contribution in [0.3, 0.4) is 0 Å². The van der Waals surface area contributed by atoms with Crippen LogP contribution in [0, 0.1) is 0 Å². The number of amides is 2. The highest BCUT2D eigenvalue weighted by Crippen LogP contribution is 2.35. The van der Waals surface area contributed by atoms with E-state index in [1.807, 2.05) is 0 Å². The average molecular weight is 717 g/mol. The smallest absolute Gasteiger partial charge is 0.217 e. The minimum absolute atomic E-state index is 0.689. The van der Waals surface area contributed by atoms with Crippen molar-refractivity contribution in [1.29, 1.82) is 0 Å². The number of ether oxygens (including phenoxy) is 7. The third kappa shape index (κ3) is 8.67. The van der Waals surface area contributed by atoms with Crippen LogP contribution in [0.1, 0.15) is 27.7 Å². The summed E-state index contributed by atoms with van der Waals surface area (Å²) < 4.78 is 40.4. The van der Waals surface area contributed by atoms with Crippen LogP contribution in [-0.2, 0) is 42.7 Å². The number of hydrogen-bond acceptors (Lipinski definition) is 19. The Kier molecular flexibility index (Phi) is 13.7. The van der Waals surface area contributed by atoms with Gasteiger partial charge in [0.25, 0.3) is 0 Å². The SMILES string of the molecule is CC(=O)N[C@@H]1[C@@H](O[C@@H]2O[C@@H](C)[C@@H](O)[C@@H](O)[C@@H]2O)[C@H](O[C@@H]2O[C@H](CO)[C@H](O)[C@H](O[C@@H]3O[C@@H](C)[C@@H](O)[C@@H](O)[C@@H]3O)[C@H]2NC(C)=O)[C@@H](CO)O[C@H]1O. The van der Waals surface area contributed by atoms with Crippen LogP contribution in [-0.4, -0.2) is 199 Å². The molecule has 4 aliphatic heterocycles. The average Bonchev–Trinajstić information content (AvgIpc) is 3.04. The van der Waals surface area contributed by atoms with Gasteiger partial charge in [-0.15, -0.1) is 0 Å². The highest BCUT2D eigenvalue weighted by molar-refractivity contribution is 5.73. The lowest BCUT2D eigenvalue weighted by Gasteiger charge is -2.51. The molecule has 21 nitrogen and oxygen atoms in total. The van der Waals surface area contributed by atoms with E-state index < -0.39 is 148 Å². The van der Waals surface area contributed by atoms with Gasteiger partial charge in [-0.1, -0.05) is 0 Å². The second-order valence-corrected chi connectivity index (χ2v) is 12.6. The Bertz CT molecular complexity index is 1110. The molecule has 0 unspecified atom stereocenters. The van der Waals surface area contributed by atoms with Gasteiger partial charge in [-0.25, -0.2) is 0 Å². The molecule has 0 spiro atoms. The second-order valence-electron chi connectivity index (χ2n) is 12.6. The number of carbonyl (C=O) groups is 2. The molecule has 0 radical (unpaired) electrons. The summed E-state index contributed by atoms with van der Waals surface area (Å²) >= 11 is 0. The largest absolute Gasteiger partial charge is 0.394 e. The minimum Gasteiger partial charge on any atom is -0.394 e. The zero-order valence-electron chi connectivity index (χ0n) is 27.1. The molecule has 4 rings (SSSR count). The number of hydrogen-bond donors (Lipinski definition) is 12. The highest BCUT2D eigenvalue weighted by atomic mass is 16.8. The van der Waals surface area contributed by atoms with Gasteiger partial charge in [-0.05, 0) is 13.8 Å². The van der Waals surface area contributed by atoms with Gasteiger partial charge in [0.2, 0.25) is 11.8 Å². The summed E-state index contributed by atoms with van der Waals surface area (Å²) in [6.45, 7) is 3.27. The maximum atomic E-state index is 12.4. The summed E-state index contributed by atoms with van der Waals surface area (Å²) in [6, 6.07) is -3.03. The topological polar surface area (TPSA) is 325 Å². The molecule has 2 amide bonds. The van der Waals surface area contributed by atoms with Crippen LogP contribution in [0.5, 0.6) is 0 Å². The molecule has 20 atom stereocenters. The van der Waals surface area contributed by atoms with Crippen molar-refractivity contribution in [1.82, 2.24) is 10.6 Å². The zero-order valence-corrected chi connectivity index (χ0v) is 27.1. The van der Waals surface area contributed by atoms with Gasteiger partial charge in [0, 0.05) is 13.8 Å². The zero-order chi connectivity index (χ0) is 36.5. The molecule has 12 N–H and O–H groups in total. The van der Waals surface area contributed by atoms with Gasteiger partial charge in [-0.2, -0.15) is 0 Å². The van der Waals surface area contributed by atoms with E-state index in [4.69, 9.17) is 33.2 Å². The lowest BCUT2D eigenvalue weighted by atomic mass is 9.93. The molecule has 0 aromatic carbocycles. The van der Waals surface area contributed by atoms with Crippen LogP contribution in [0.4, 0.5) is 0 Å². The molecule has 4 heterocycles. The predicted molar refractivity (Wildman–Crippen MR) is 154 cm³/mol. The van der Waals surface area contributed by atoms with E-state index in [1.165, 1.54) is 13.8 Å². The Hall–Kier alpha value is -1.74. The molecular formula is C28H48N2O19. The van der Waals surface area contributed by atoms with Gasteiger partial charge < -0.3 is 94.9 Å². The Morgan fingerprint density at radius 3 is 1.45 bits per heavy atom. The fraction of sp³-hybridized carbons (Fsp3) is 0.929. The van der Waals surface area contributed by atoms with Crippen molar-refractivity contribution in [2.24, 2.45) is 0 Å².